The highest BCUT2D eigenvalue weighted by Crippen LogP contribution is 2.28. The van der Waals surface area contributed by atoms with Gasteiger partial charge in [0, 0.05) is 35.9 Å². The van der Waals surface area contributed by atoms with E-state index in [1.54, 1.807) is 36.7 Å². The van der Waals surface area contributed by atoms with Crippen molar-refractivity contribution in [3.05, 3.63) is 78.5 Å². The van der Waals surface area contributed by atoms with Crippen molar-refractivity contribution < 1.29 is 8.42 Å². The van der Waals surface area contributed by atoms with Crippen molar-refractivity contribution in [1.82, 2.24) is 14.4 Å². The molecule has 1 N–H and O–H groups in total. The minimum Gasteiger partial charge on any atom is -0.306 e. The standard InChI is InChI=1S/C18H13ClN4O2S/c19-18-16(22-26(24,25)15-4-2-1-3-5-15)10-14(11-21-18)13-6-7-17-20-8-9-23(17)12-13/h1-12,22H. The van der Waals surface area contributed by atoms with Crippen molar-refractivity contribution in [2.45, 2.75) is 4.90 Å². The van der Waals surface area contributed by atoms with Gasteiger partial charge in [0.2, 0.25) is 0 Å². The second-order valence-electron chi connectivity index (χ2n) is 5.59. The number of benzene rings is 1. The molecule has 4 aromatic rings. The predicted molar refractivity (Wildman–Crippen MR) is 101 cm³/mol. The van der Waals surface area contributed by atoms with Crippen molar-refractivity contribution in [2.24, 2.45) is 0 Å². The van der Waals surface area contributed by atoms with E-state index >= 15 is 0 Å². The van der Waals surface area contributed by atoms with Gasteiger partial charge in [-0.1, -0.05) is 29.8 Å². The molecule has 6 nitrogen and oxygen atoms in total. The highest BCUT2D eigenvalue weighted by Gasteiger charge is 2.16. The zero-order valence-corrected chi connectivity index (χ0v) is 14.9. The first kappa shape index (κ1) is 16.6. The van der Waals surface area contributed by atoms with Crippen LogP contribution < -0.4 is 4.72 Å². The van der Waals surface area contributed by atoms with E-state index in [-0.39, 0.29) is 15.7 Å². The van der Waals surface area contributed by atoms with E-state index in [1.165, 1.54) is 12.1 Å². The van der Waals surface area contributed by atoms with Gasteiger partial charge in [-0.25, -0.2) is 18.4 Å². The van der Waals surface area contributed by atoms with Gasteiger partial charge in [0.25, 0.3) is 10.0 Å². The van der Waals surface area contributed by atoms with Crippen molar-refractivity contribution in [2.75, 3.05) is 4.72 Å². The molecule has 4 rings (SSSR count). The van der Waals surface area contributed by atoms with E-state index in [4.69, 9.17) is 11.6 Å². The van der Waals surface area contributed by atoms with E-state index in [0.29, 0.717) is 0 Å². The third kappa shape index (κ3) is 3.14. The number of aromatic nitrogens is 3. The molecule has 0 bridgehead atoms. The Morgan fingerprint density at radius 1 is 1.00 bits per heavy atom. The van der Waals surface area contributed by atoms with Crippen molar-refractivity contribution in [1.29, 1.82) is 0 Å². The molecule has 0 saturated carbocycles. The second kappa shape index (κ2) is 6.44. The van der Waals surface area contributed by atoms with Gasteiger partial charge in [-0.15, -0.1) is 0 Å². The number of hydrogen-bond acceptors (Lipinski definition) is 4. The number of nitrogens with zero attached hydrogens (tertiary/aromatic N) is 3. The lowest BCUT2D eigenvalue weighted by molar-refractivity contribution is 0.601. The Labute approximate surface area is 155 Å². The Kier molecular flexibility index (Phi) is 4.10. The Balaban J connectivity index is 1.72. The molecule has 0 fully saturated rings. The van der Waals surface area contributed by atoms with Gasteiger partial charge in [0.15, 0.2) is 5.15 Å². The Bertz CT molecular complexity index is 1190. The molecule has 0 radical (unpaired) electrons. The molecule has 0 amide bonds. The van der Waals surface area contributed by atoms with E-state index < -0.39 is 10.0 Å². The summed E-state index contributed by atoms with van der Waals surface area (Å²) in [4.78, 5) is 8.47. The summed E-state index contributed by atoms with van der Waals surface area (Å²) < 4.78 is 29.4. The molecular formula is C18H13ClN4O2S. The zero-order chi connectivity index (χ0) is 18.1. The third-order valence-corrected chi connectivity index (χ3v) is 5.54. The molecule has 1 aromatic carbocycles. The Hall–Kier alpha value is -2.90. The van der Waals surface area contributed by atoms with Crippen LogP contribution in [0.25, 0.3) is 16.8 Å². The topological polar surface area (TPSA) is 76.4 Å². The summed E-state index contributed by atoms with van der Waals surface area (Å²) in [5.74, 6) is 0. The average molecular weight is 385 g/mol. The molecule has 8 heteroatoms. The van der Waals surface area contributed by atoms with Crippen molar-refractivity contribution in [3.8, 4) is 11.1 Å². The zero-order valence-electron chi connectivity index (χ0n) is 13.4. The molecule has 0 atom stereocenters. The number of nitrogens with one attached hydrogen (secondary N) is 1. The van der Waals surface area contributed by atoms with Crippen LogP contribution in [-0.4, -0.2) is 22.8 Å². The minimum atomic E-state index is -3.75. The highest BCUT2D eigenvalue weighted by molar-refractivity contribution is 7.92. The highest BCUT2D eigenvalue weighted by atomic mass is 35.5. The lowest BCUT2D eigenvalue weighted by atomic mass is 10.1. The molecule has 3 aromatic heterocycles. The second-order valence-corrected chi connectivity index (χ2v) is 7.63. The quantitative estimate of drug-likeness (QED) is 0.542. The molecule has 0 spiro atoms. The van der Waals surface area contributed by atoms with Crippen LogP contribution in [-0.2, 0) is 10.0 Å². The Morgan fingerprint density at radius 2 is 1.81 bits per heavy atom. The van der Waals surface area contributed by atoms with Gasteiger partial charge in [0.05, 0.1) is 10.6 Å². The number of hydrogen-bond donors (Lipinski definition) is 1. The maximum atomic E-state index is 12.5. The fourth-order valence-corrected chi connectivity index (χ4v) is 3.86. The summed E-state index contributed by atoms with van der Waals surface area (Å²) in [6, 6.07) is 13.5. The molecule has 0 aliphatic rings. The molecule has 3 heterocycles. The SMILES string of the molecule is O=S(=O)(Nc1cc(-c2ccc3nccn3c2)cnc1Cl)c1ccccc1. The lowest BCUT2D eigenvalue weighted by Crippen LogP contribution is -2.13. The largest absolute Gasteiger partial charge is 0.306 e. The van der Waals surface area contributed by atoms with E-state index in [9.17, 15) is 8.42 Å². The van der Waals surface area contributed by atoms with Crippen molar-refractivity contribution >= 4 is 33.0 Å². The first-order valence-corrected chi connectivity index (χ1v) is 9.55. The van der Waals surface area contributed by atoms with E-state index in [1.807, 2.05) is 28.9 Å². The normalized spacial score (nSPS) is 11.6. The van der Waals surface area contributed by atoms with Crippen LogP contribution in [0, 0.1) is 0 Å². The average Bonchev–Trinajstić information content (AvgIpc) is 3.12. The number of halogens is 1. The molecule has 26 heavy (non-hydrogen) atoms. The van der Waals surface area contributed by atoms with Gasteiger partial charge in [-0.3, -0.25) is 4.72 Å². The summed E-state index contributed by atoms with van der Waals surface area (Å²) in [7, 11) is -3.75. The smallest absolute Gasteiger partial charge is 0.261 e. The number of pyridine rings is 2. The number of fused-ring (bicyclic) bond motifs is 1. The first-order valence-electron chi connectivity index (χ1n) is 7.69. The van der Waals surface area contributed by atoms with E-state index in [2.05, 4.69) is 14.7 Å². The van der Waals surface area contributed by atoms with Crippen LogP contribution >= 0.6 is 11.6 Å². The van der Waals surface area contributed by atoms with Crippen LogP contribution in [0.1, 0.15) is 0 Å². The fourth-order valence-electron chi connectivity index (χ4n) is 2.57. The summed E-state index contributed by atoms with van der Waals surface area (Å²) in [6.07, 6.45) is 7.03. The van der Waals surface area contributed by atoms with Gasteiger partial charge < -0.3 is 4.40 Å². The van der Waals surface area contributed by atoms with Crippen LogP contribution in [0.4, 0.5) is 5.69 Å². The van der Waals surface area contributed by atoms with E-state index in [0.717, 1.165) is 16.8 Å². The molecule has 130 valence electrons. The summed E-state index contributed by atoms with van der Waals surface area (Å²) in [5.41, 5.74) is 2.63. The molecular weight excluding hydrogens is 372 g/mol. The predicted octanol–water partition coefficient (Wildman–Crippen LogP) is 3.85. The maximum Gasteiger partial charge on any atom is 0.261 e. The Morgan fingerprint density at radius 3 is 2.62 bits per heavy atom. The van der Waals surface area contributed by atoms with Crippen molar-refractivity contribution in [3.63, 3.8) is 0 Å². The maximum absolute atomic E-state index is 12.5. The number of sulfonamides is 1. The van der Waals surface area contributed by atoms with Crippen LogP contribution in [0.5, 0.6) is 0 Å². The number of anilines is 1. The number of rotatable bonds is 4. The molecule has 0 saturated heterocycles. The third-order valence-electron chi connectivity index (χ3n) is 3.86. The summed E-state index contributed by atoms with van der Waals surface area (Å²) in [5, 5.41) is 0.0805. The lowest BCUT2D eigenvalue weighted by Gasteiger charge is -2.11. The van der Waals surface area contributed by atoms with Crippen LogP contribution in [0.3, 0.4) is 0 Å². The fraction of sp³-hybridized carbons (Fsp3) is 0. The van der Waals surface area contributed by atoms with Gasteiger partial charge in [0.1, 0.15) is 5.65 Å². The monoisotopic (exact) mass is 384 g/mol. The first-order chi connectivity index (χ1) is 12.5. The molecule has 0 aliphatic carbocycles. The molecule has 0 aliphatic heterocycles. The minimum absolute atomic E-state index is 0.0805. The van der Waals surface area contributed by atoms with Crippen LogP contribution in [0.2, 0.25) is 5.15 Å². The summed E-state index contributed by atoms with van der Waals surface area (Å²) >= 11 is 6.10. The van der Waals surface area contributed by atoms with Crippen LogP contribution in [0.15, 0.2) is 78.2 Å². The summed E-state index contributed by atoms with van der Waals surface area (Å²) in [6.45, 7) is 0. The molecule has 0 unspecified atom stereocenters. The number of imidazole rings is 1. The van der Waals surface area contributed by atoms with Gasteiger partial charge >= 0.3 is 0 Å². The van der Waals surface area contributed by atoms with Gasteiger partial charge in [-0.2, -0.15) is 0 Å². The van der Waals surface area contributed by atoms with Gasteiger partial charge in [-0.05, 0) is 30.3 Å².